The predicted molar refractivity (Wildman–Crippen MR) is 93.4 cm³/mol. The normalized spacial score (nSPS) is 30.8. The summed E-state index contributed by atoms with van der Waals surface area (Å²) < 4.78 is 11.2. The number of amides is 2. The molecule has 2 aromatic heterocycles. The topological polar surface area (TPSA) is 97.6 Å². The van der Waals surface area contributed by atoms with Crippen LogP contribution in [0.2, 0.25) is 0 Å². The first-order valence-electron chi connectivity index (χ1n) is 8.86. The van der Waals surface area contributed by atoms with Gasteiger partial charge in [-0.1, -0.05) is 17.3 Å². The van der Waals surface area contributed by atoms with Crippen LogP contribution in [0.4, 0.5) is 5.82 Å². The first-order valence-corrected chi connectivity index (χ1v) is 8.86. The second kappa shape index (κ2) is 5.75. The summed E-state index contributed by atoms with van der Waals surface area (Å²) in [6.45, 7) is 2.49. The van der Waals surface area contributed by atoms with Crippen LogP contribution in [0.15, 0.2) is 47.3 Å². The van der Waals surface area contributed by atoms with Crippen LogP contribution in [0.25, 0.3) is 0 Å². The molecule has 2 fully saturated rings. The summed E-state index contributed by atoms with van der Waals surface area (Å²) in [5.41, 5.74) is 0.179. The SMILES string of the molecule is Cc1cc(N2C[C@]34C=C[C@@H](O3)C(C(=O)NCc3ccncc3)C4C2=O)no1. The van der Waals surface area contributed by atoms with Crippen LogP contribution in [0.5, 0.6) is 0 Å². The lowest BCUT2D eigenvalue weighted by Gasteiger charge is -2.23. The molecule has 2 saturated heterocycles. The number of anilines is 1. The van der Waals surface area contributed by atoms with Crippen molar-refractivity contribution in [1.29, 1.82) is 0 Å². The lowest BCUT2D eigenvalue weighted by Crippen LogP contribution is -2.44. The summed E-state index contributed by atoms with van der Waals surface area (Å²) >= 11 is 0. The lowest BCUT2D eigenvalue weighted by atomic mass is 9.77. The van der Waals surface area contributed by atoms with Gasteiger partial charge in [0.15, 0.2) is 5.82 Å². The largest absolute Gasteiger partial charge is 0.360 e. The molecule has 2 aromatic rings. The quantitative estimate of drug-likeness (QED) is 0.810. The van der Waals surface area contributed by atoms with Gasteiger partial charge in [0.05, 0.1) is 24.5 Å². The summed E-state index contributed by atoms with van der Waals surface area (Å²) in [5, 5.41) is 6.87. The van der Waals surface area contributed by atoms with Gasteiger partial charge < -0.3 is 14.6 Å². The van der Waals surface area contributed by atoms with Gasteiger partial charge in [-0.05, 0) is 24.6 Å². The van der Waals surface area contributed by atoms with Crippen molar-refractivity contribution in [3.63, 3.8) is 0 Å². The number of carbonyl (C=O) groups excluding carboxylic acids is 2. The van der Waals surface area contributed by atoms with E-state index < -0.39 is 17.4 Å². The van der Waals surface area contributed by atoms with Gasteiger partial charge in [0.25, 0.3) is 0 Å². The maximum Gasteiger partial charge on any atom is 0.235 e. The van der Waals surface area contributed by atoms with Crippen LogP contribution in [0, 0.1) is 18.8 Å². The van der Waals surface area contributed by atoms with Crippen LogP contribution in [0.3, 0.4) is 0 Å². The average molecular weight is 366 g/mol. The number of pyridine rings is 1. The van der Waals surface area contributed by atoms with E-state index >= 15 is 0 Å². The van der Waals surface area contributed by atoms with E-state index in [1.54, 1.807) is 30.3 Å². The third kappa shape index (κ3) is 2.40. The molecule has 2 amide bonds. The van der Waals surface area contributed by atoms with Crippen LogP contribution >= 0.6 is 0 Å². The molecule has 1 spiro atoms. The molecule has 0 saturated carbocycles. The molecule has 3 aliphatic rings. The van der Waals surface area contributed by atoms with Crippen LogP contribution < -0.4 is 10.2 Å². The molecule has 8 nitrogen and oxygen atoms in total. The number of ether oxygens (including phenoxy) is 1. The van der Waals surface area contributed by atoms with Gasteiger partial charge in [-0.25, -0.2) is 0 Å². The number of hydrogen-bond acceptors (Lipinski definition) is 6. The maximum atomic E-state index is 13.1. The van der Waals surface area contributed by atoms with Gasteiger partial charge in [0.2, 0.25) is 11.8 Å². The molecule has 4 atom stereocenters. The highest BCUT2D eigenvalue weighted by Gasteiger charge is 2.67. The molecule has 2 bridgehead atoms. The molecule has 27 heavy (non-hydrogen) atoms. The second-order valence-corrected chi connectivity index (χ2v) is 7.19. The fourth-order valence-corrected chi connectivity index (χ4v) is 4.28. The van der Waals surface area contributed by atoms with Crippen LogP contribution in [0.1, 0.15) is 11.3 Å². The molecular weight excluding hydrogens is 348 g/mol. The number of rotatable bonds is 4. The first kappa shape index (κ1) is 16.2. The van der Waals surface area contributed by atoms with Crippen molar-refractivity contribution < 1.29 is 18.8 Å². The highest BCUT2D eigenvalue weighted by Crippen LogP contribution is 2.52. The molecule has 5 rings (SSSR count). The molecule has 2 unspecified atom stereocenters. The minimum atomic E-state index is -0.771. The van der Waals surface area contributed by atoms with Crippen molar-refractivity contribution in [2.45, 2.75) is 25.2 Å². The zero-order valence-corrected chi connectivity index (χ0v) is 14.7. The Morgan fingerprint density at radius 3 is 2.96 bits per heavy atom. The fourth-order valence-electron chi connectivity index (χ4n) is 4.28. The van der Waals surface area contributed by atoms with Gasteiger partial charge in [0, 0.05) is 25.0 Å². The van der Waals surface area contributed by atoms with Gasteiger partial charge >= 0.3 is 0 Å². The number of carbonyl (C=O) groups is 2. The summed E-state index contributed by atoms with van der Waals surface area (Å²) in [7, 11) is 0. The van der Waals surface area contributed by atoms with Crippen LogP contribution in [-0.2, 0) is 20.9 Å². The number of nitrogens with zero attached hydrogens (tertiary/aromatic N) is 3. The number of nitrogens with one attached hydrogen (secondary N) is 1. The minimum Gasteiger partial charge on any atom is -0.360 e. The minimum absolute atomic E-state index is 0.154. The lowest BCUT2D eigenvalue weighted by molar-refractivity contribution is -0.132. The third-order valence-corrected chi connectivity index (χ3v) is 5.51. The van der Waals surface area contributed by atoms with Gasteiger partial charge in [-0.3, -0.25) is 19.5 Å². The zero-order valence-electron chi connectivity index (χ0n) is 14.7. The fraction of sp³-hybridized carbons (Fsp3) is 0.368. The van der Waals surface area contributed by atoms with Gasteiger partial charge in [0.1, 0.15) is 11.4 Å². The highest BCUT2D eigenvalue weighted by atomic mass is 16.5. The van der Waals surface area contributed by atoms with Crippen molar-refractivity contribution in [3.8, 4) is 0 Å². The van der Waals surface area contributed by atoms with Gasteiger partial charge in [-0.2, -0.15) is 0 Å². The average Bonchev–Trinajstić information content (AvgIpc) is 3.42. The van der Waals surface area contributed by atoms with E-state index in [4.69, 9.17) is 9.26 Å². The number of fused-ring (bicyclic) bond motifs is 1. The van der Waals surface area contributed by atoms with Crippen molar-refractivity contribution in [1.82, 2.24) is 15.5 Å². The first-order chi connectivity index (χ1) is 13.1. The van der Waals surface area contributed by atoms with Crippen LogP contribution in [-0.4, -0.2) is 40.2 Å². The Hall–Kier alpha value is -3.00. The van der Waals surface area contributed by atoms with E-state index in [1.807, 2.05) is 24.3 Å². The second-order valence-electron chi connectivity index (χ2n) is 7.19. The monoisotopic (exact) mass is 366 g/mol. The maximum absolute atomic E-state index is 13.1. The van der Waals surface area contributed by atoms with Crippen molar-refractivity contribution in [2.75, 3.05) is 11.4 Å². The van der Waals surface area contributed by atoms with E-state index in [0.29, 0.717) is 24.7 Å². The molecule has 0 aliphatic carbocycles. The zero-order chi connectivity index (χ0) is 18.6. The molecule has 0 aromatic carbocycles. The molecule has 138 valence electrons. The molecule has 1 N–H and O–H groups in total. The molecule has 0 radical (unpaired) electrons. The predicted octanol–water partition coefficient (Wildman–Crippen LogP) is 0.981. The Kier molecular flexibility index (Phi) is 3.45. The Morgan fingerprint density at radius 1 is 1.41 bits per heavy atom. The third-order valence-electron chi connectivity index (χ3n) is 5.51. The van der Waals surface area contributed by atoms with E-state index in [1.165, 1.54) is 0 Å². The molecule has 3 aliphatic heterocycles. The van der Waals surface area contributed by atoms with E-state index in [-0.39, 0.29) is 17.9 Å². The number of hydrogen-bond donors (Lipinski definition) is 1. The summed E-state index contributed by atoms with van der Waals surface area (Å²) in [6.07, 6.45) is 6.78. The Labute approximate surface area is 155 Å². The Bertz CT molecular complexity index is 940. The summed E-state index contributed by atoms with van der Waals surface area (Å²) in [4.78, 5) is 31.5. The van der Waals surface area contributed by atoms with E-state index in [2.05, 4.69) is 15.5 Å². The summed E-state index contributed by atoms with van der Waals surface area (Å²) in [6, 6.07) is 5.40. The Morgan fingerprint density at radius 2 is 2.22 bits per heavy atom. The van der Waals surface area contributed by atoms with Crippen molar-refractivity contribution >= 4 is 17.6 Å². The summed E-state index contributed by atoms with van der Waals surface area (Å²) in [5.74, 6) is -0.361. The van der Waals surface area contributed by atoms with Crippen molar-refractivity contribution in [2.24, 2.45) is 11.8 Å². The molecular formula is C19H18N4O4. The Balaban J connectivity index is 1.38. The van der Waals surface area contributed by atoms with Gasteiger partial charge in [-0.15, -0.1) is 0 Å². The van der Waals surface area contributed by atoms with E-state index in [0.717, 1.165) is 5.56 Å². The standard InChI is InChI=1S/C19H18N4O4/c1-11-8-14(22-27-11)23-10-19-5-2-13(26-19)15(16(19)18(23)25)17(24)21-9-12-3-6-20-7-4-12/h2-8,13,15-16H,9-10H2,1H3,(H,21,24)/t13-,15?,16?,19+/m1/s1. The molecule has 8 heteroatoms. The highest BCUT2D eigenvalue weighted by molar-refractivity contribution is 6.02. The smallest absolute Gasteiger partial charge is 0.235 e. The number of aryl methyl sites for hydroxylation is 1. The van der Waals surface area contributed by atoms with E-state index in [9.17, 15) is 9.59 Å². The molecule has 5 heterocycles. The van der Waals surface area contributed by atoms with Crippen molar-refractivity contribution in [3.05, 3.63) is 54.1 Å². The number of aromatic nitrogens is 2.